The Morgan fingerprint density at radius 2 is 0.842 bits per heavy atom. The maximum Gasteiger partial charge on any atom is 0.306 e. The summed E-state index contributed by atoms with van der Waals surface area (Å²) in [6.07, 6.45) is 49.8. The largest absolute Gasteiger partial charge is 0.462 e. The highest BCUT2D eigenvalue weighted by Crippen LogP contribution is 2.18. The Bertz CT molecular complexity index is 863. The van der Waals surface area contributed by atoms with Crippen molar-refractivity contribution in [1.29, 1.82) is 0 Å². The molecule has 0 aliphatic rings. The van der Waals surface area contributed by atoms with E-state index in [9.17, 15) is 19.8 Å². The van der Waals surface area contributed by atoms with Crippen molar-refractivity contribution in [2.24, 2.45) is 0 Å². The van der Waals surface area contributed by atoms with Gasteiger partial charge in [-0.15, -0.1) is 0 Å². The van der Waals surface area contributed by atoms with E-state index in [1.165, 1.54) is 180 Å². The van der Waals surface area contributed by atoms with Crippen molar-refractivity contribution in [3.05, 3.63) is 12.2 Å². The van der Waals surface area contributed by atoms with Crippen LogP contribution < -0.4 is 5.32 Å². The van der Waals surface area contributed by atoms with Gasteiger partial charge in [-0.05, 0) is 51.4 Å². The fraction of sp³-hybridized carbons (Fsp3) is 0.922. The van der Waals surface area contributed by atoms with Gasteiger partial charge in [-0.2, -0.15) is 0 Å². The molecule has 0 spiro atoms. The molecule has 0 heterocycles. The number of allylic oxidation sites excluding steroid dienone is 2. The van der Waals surface area contributed by atoms with Crippen LogP contribution in [0.4, 0.5) is 0 Å². The highest BCUT2D eigenvalue weighted by Gasteiger charge is 2.24. The predicted molar refractivity (Wildman–Crippen MR) is 246 cm³/mol. The van der Waals surface area contributed by atoms with Crippen molar-refractivity contribution in [3.8, 4) is 0 Å². The van der Waals surface area contributed by atoms with Crippen LogP contribution in [-0.2, 0) is 14.3 Å². The van der Waals surface area contributed by atoms with Crippen LogP contribution in [-0.4, -0.2) is 46.9 Å². The number of hydrogen-bond acceptors (Lipinski definition) is 5. The normalized spacial score (nSPS) is 13.3. The van der Waals surface area contributed by atoms with Gasteiger partial charge in [0.2, 0.25) is 5.91 Å². The molecule has 0 aliphatic heterocycles. The lowest BCUT2D eigenvalue weighted by Gasteiger charge is -2.24. The van der Waals surface area contributed by atoms with Gasteiger partial charge in [0.1, 0.15) is 6.10 Å². The van der Waals surface area contributed by atoms with Crippen molar-refractivity contribution in [2.45, 2.75) is 296 Å². The highest BCUT2D eigenvalue weighted by atomic mass is 16.5. The highest BCUT2D eigenvalue weighted by molar-refractivity contribution is 5.77. The van der Waals surface area contributed by atoms with E-state index >= 15 is 0 Å². The lowest BCUT2D eigenvalue weighted by Crippen LogP contribution is -2.46. The van der Waals surface area contributed by atoms with Crippen LogP contribution in [0.25, 0.3) is 0 Å². The van der Waals surface area contributed by atoms with Gasteiger partial charge < -0.3 is 20.3 Å². The van der Waals surface area contributed by atoms with Crippen LogP contribution in [0.5, 0.6) is 0 Å². The smallest absolute Gasteiger partial charge is 0.306 e. The molecule has 3 atom stereocenters. The third-order valence-electron chi connectivity index (χ3n) is 11.8. The van der Waals surface area contributed by atoms with E-state index in [2.05, 4.69) is 38.2 Å². The maximum absolute atomic E-state index is 13.2. The molecule has 0 aromatic rings. The van der Waals surface area contributed by atoms with E-state index in [0.29, 0.717) is 19.3 Å². The minimum atomic E-state index is -0.783. The van der Waals surface area contributed by atoms with E-state index in [0.717, 1.165) is 51.4 Å². The summed E-state index contributed by atoms with van der Waals surface area (Å²) >= 11 is 0. The van der Waals surface area contributed by atoms with E-state index < -0.39 is 18.2 Å². The number of rotatable bonds is 46. The maximum atomic E-state index is 13.2. The molecule has 0 aromatic heterocycles. The molecule has 6 heteroatoms. The lowest BCUT2D eigenvalue weighted by atomic mass is 10.0. The molecule has 0 radical (unpaired) electrons. The molecule has 0 fully saturated rings. The standard InChI is InChI=1S/C51H99NO5/c1-4-7-10-13-16-19-22-24-26-29-32-35-38-41-44-51(56)57-47(42-39-36-33-30-28-25-23-20-17-14-11-8-5-2)45-50(55)52-48(46-53)49(54)43-40-37-34-31-27-21-18-15-12-9-6-3/h26,29,47-49,53-54H,4-25,27-28,30-46H2,1-3H3,(H,52,55)/b29-26-. The second-order valence-electron chi connectivity index (χ2n) is 17.6. The van der Waals surface area contributed by atoms with Crippen molar-refractivity contribution in [3.63, 3.8) is 0 Å². The zero-order valence-electron chi connectivity index (χ0n) is 38.5. The van der Waals surface area contributed by atoms with Crippen LogP contribution in [0, 0.1) is 0 Å². The molecular weight excluding hydrogens is 707 g/mol. The number of carbonyl (C=O) groups is 2. The van der Waals surface area contributed by atoms with Gasteiger partial charge in [0.25, 0.3) is 0 Å². The van der Waals surface area contributed by atoms with Gasteiger partial charge in [-0.25, -0.2) is 0 Å². The second-order valence-corrected chi connectivity index (χ2v) is 17.6. The molecule has 0 bridgehead atoms. The molecule has 0 saturated carbocycles. The molecule has 0 saturated heterocycles. The Hall–Kier alpha value is -1.40. The van der Waals surface area contributed by atoms with Gasteiger partial charge in [0.05, 0.1) is 25.2 Å². The number of ether oxygens (including phenoxy) is 1. The molecule has 1 amide bonds. The van der Waals surface area contributed by atoms with Gasteiger partial charge >= 0.3 is 5.97 Å². The third kappa shape index (κ3) is 41.1. The van der Waals surface area contributed by atoms with Crippen molar-refractivity contribution < 1.29 is 24.5 Å². The minimum Gasteiger partial charge on any atom is -0.462 e. The fourth-order valence-electron chi connectivity index (χ4n) is 7.96. The Morgan fingerprint density at radius 3 is 1.25 bits per heavy atom. The zero-order valence-corrected chi connectivity index (χ0v) is 38.5. The first-order valence-electron chi connectivity index (χ1n) is 25.4. The average Bonchev–Trinajstić information content (AvgIpc) is 3.20. The first kappa shape index (κ1) is 55.6. The lowest BCUT2D eigenvalue weighted by molar-refractivity contribution is -0.151. The molecule has 3 unspecified atom stereocenters. The first-order valence-corrected chi connectivity index (χ1v) is 25.4. The molecule has 0 rings (SSSR count). The van der Waals surface area contributed by atoms with E-state index in [1.807, 2.05) is 0 Å². The van der Waals surface area contributed by atoms with Crippen LogP contribution in [0.3, 0.4) is 0 Å². The summed E-state index contributed by atoms with van der Waals surface area (Å²) in [5.41, 5.74) is 0. The second kappa shape index (κ2) is 45.7. The summed E-state index contributed by atoms with van der Waals surface area (Å²) < 4.78 is 5.92. The quantitative estimate of drug-likeness (QED) is 0.0323. The van der Waals surface area contributed by atoms with Crippen LogP contribution in [0.15, 0.2) is 12.2 Å². The zero-order chi connectivity index (χ0) is 41.7. The topological polar surface area (TPSA) is 95.9 Å². The number of aliphatic hydroxyl groups excluding tert-OH is 2. The number of esters is 1. The van der Waals surface area contributed by atoms with Crippen molar-refractivity contribution in [1.82, 2.24) is 5.32 Å². The van der Waals surface area contributed by atoms with E-state index in [4.69, 9.17) is 4.74 Å². The summed E-state index contributed by atoms with van der Waals surface area (Å²) in [5.74, 6) is -0.477. The van der Waals surface area contributed by atoms with Gasteiger partial charge in [-0.3, -0.25) is 9.59 Å². The van der Waals surface area contributed by atoms with Crippen molar-refractivity contribution in [2.75, 3.05) is 6.61 Å². The van der Waals surface area contributed by atoms with Crippen LogP contribution >= 0.6 is 0 Å². The number of amides is 1. The summed E-state index contributed by atoms with van der Waals surface area (Å²) in [6.45, 7) is 6.49. The number of unbranched alkanes of at least 4 members (excludes halogenated alkanes) is 32. The van der Waals surface area contributed by atoms with Gasteiger partial charge in [0.15, 0.2) is 0 Å². The van der Waals surface area contributed by atoms with E-state index in [1.54, 1.807) is 0 Å². The minimum absolute atomic E-state index is 0.0786. The van der Waals surface area contributed by atoms with Gasteiger partial charge in [-0.1, -0.05) is 226 Å². The summed E-state index contributed by atoms with van der Waals surface area (Å²) in [6, 6.07) is -0.696. The summed E-state index contributed by atoms with van der Waals surface area (Å²) in [7, 11) is 0. The molecule has 338 valence electrons. The molecule has 0 aromatic carbocycles. The van der Waals surface area contributed by atoms with Crippen LogP contribution in [0.2, 0.25) is 0 Å². The van der Waals surface area contributed by atoms with Crippen molar-refractivity contribution >= 4 is 11.9 Å². The number of nitrogens with one attached hydrogen (secondary N) is 1. The molecule has 6 nitrogen and oxygen atoms in total. The predicted octanol–water partition coefficient (Wildman–Crippen LogP) is 15.0. The Labute approximate surface area is 355 Å². The third-order valence-corrected chi connectivity index (χ3v) is 11.8. The molecular formula is C51H99NO5. The average molecular weight is 806 g/mol. The number of aliphatic hydroxyl groups is 2. The number of carbonyl (C=O) groups excluding carboxylic acids is 2. The SMILES string of the molecule is CCCCCCCCC/C=C\CCCCCC(=O)OC(CCCCCCCCCCCCCCC)CC(=O)NC(CO)C(O)CCCCCCCCCCCCC. The Kier molecular flexibility index (Phi) is 44.6. The Morgan fingerprint density at radius 1 is 0.491 bits per heavy atom. The monoisotopic (exact) mass is 806 g/mol. The summed E-state index contributed by atoms with van der Waals surface area (Å²) in [5, 5.41) is 23.7. The van der Waals surface area contributed by atoms with Gasteiger partial charge in [0, 0.05) is 6.42 Å². The molecule has 3 N–H and O–H groups in total. The summed E-state index contributed by atoms with van der Waals surface area (Å²) in [4.78, 5) is 26.1. The first-order chi connectivity index (χ1) is 28.0. The molecule has 57 heavy (non-hydrogen) atoms. The van der Waals surface area contributed by atoms with Crippen LogP contribution in [0.1, 0.15) is 278 Å². The number of hydrogen-bond donors (Lipinski definition) is 3. The molecule has 0 aliphatic carbocycles. The van der Waals surface area contributed by atoms with E-state index in [-0.39, 0.29) is 24.9 Å². The fourth-order valence-corrected chi connectivity index (χ4v) is 7.96. The Balaban J connectivity index is 4.56.